The van der Waals surface area contributed by atoms with E-state index < -0.39 is 24.0 Å². The summed E-state index contributed by atoms with van der Waals surface area (Å²) in [6.07, 6.45) is -0.814. The van der Waals surface area contributed by atoms with Crippen LogP contribution >= 0.6 is 32.9 Å². The van der Waals surface area contributed by atoms with Crippen LogP contribution in [0.25, 0.3) is 10.2 Å². The number of carbonyl (C=O) groups is 2. The van der Waals surface area contributed by atoms with Crippen LogP contribution in [0.4, 0.5) is 0 Å². The molecule has 27 heavy (non-hydrogen) atoms. The first-order valence-corrected chi connectivity index (χ1v) is 11.3. The van der Waals surface area contributed by atoms with Gasteiger partial charge in [0.2, 0.25) is 5.91 Å². The number of carbonyl (C=O) groups excluding carboxylic acids is 2. The molecule has 3 rings (SSSR count). The van der Waals surface area contributed by atoms with Crippen LogP contribution in [0.3, 0.4) is 0 Å². The molecule has 2 heterocycles. The molecule has 1 amide bonds. The van der Waals surface area contributed by atoms with Crippen LogP contribution in [0.15, 0.2) is 40.8 Å². The van der Waals surface area contributed by atoms with Crippen molar-refractivity contribution in [1.82, 2.24) is 9.88 Å². The molecule has 1 saturated heterocycles. The van der Waals surface area contributed by atoms with Crippen LogP contribution in [-0.4, -0.2) is 51.5 Å². The third-order valence-corrected chi connectivity index (χ3v) is 8.35. The highest BCUT2D eigenvalue weighted by atomic mass is 33.1. The van der Waals surface area contributed by atoms with E-state index in [0.29, 0.717) is 5.57 Å². The van der Waals surface area contributed by atoms with Crippen molar-refractivity contribution < 1.29 is 19.4 Å². The lowest BCUT2D eigenvalue weighted by Gasteiger charge is -2.50. The van der Waals surface area contributed by atoms with E-state index in [0.717, 1.165) is 14.6 Å². The molecule has 4 atom stereocenters. The van der Waals surface area contributed by atoms with Gasteiger partial charge >= 0.3 is 5.97 Å². The van der Waals surface area contributed by atoms with E-state index in [2.05, 4.69) is 11.6 Å². The zero-order valence-corrected chi connectivity index (χ0v) is 17.6. The topological polar surface area (TPSA) is 79.7 Å². The SMILES string of the molecule is C=C(C)C(C(=O)OC)N1C(=O)C([C@H](C)O)C1SSc1nc2ccccc2s1. The quantitative estimate of drug-likeness (QED) is 0.316. The number of aliphatic hydroxyl groups is 1. The van der Waals surface area contributed by atoms with Crippen LogP contribution < -0.4 is 0 Å². The number of aliphatic hydroxyl groups excluding tert-OH is 1. The molecule has 0 saturated carbocycles. The van der Waals surface area contributed by atoms with Crippen molar-refractivity contribution in [2.75, 3.05) is 7.11 Å². The molecule has 1 aliphatic heterocycles. The molecule has 2 aromatic rings. The van der Waals surface area contributed by atoms with Gasteiger partial charge in [0.15, 0.2) is 10.4 Å². The maximum absolute atomic E-state index is 12.6. The van der Waals surface area contributed by atoms with Crippen molar-refractivity contribution in [2.24, 2.45) is 5.92 Å². The zero-order chi connectivity index (χ0) is 19.7. The molecule has 1 aliphatic rings. The van der Waals surface area contributed by atoms with Crippen molar-refractivity contribution in [2.45, 2.75) is 35.7 Å². The van der Waals surface area contributed by atoms with E-state index in [4.69, 9.17) is 4.74 Å². The molecule has 3 unspecified atom stereocenters. The van der Waals surface area contributed by atoms with Gasteiger partial charge in [-0.1, -0.05) is 29.5 Å². The molecule has 1 aromatic carbocycles. The lowest BCUT2D eigenvalue weighted by molar-refractivity contribution is -0.168. The Morgan fingerprint density at radius 1 is 1.44 bits per heavy atom. The van der Waals surface area contributed by atoms with Gasteiger partial charge in [-0.15, -0.1) is 11.3 Å². The number of hydrogen-bond acceptors (Lipinski definition) is 8. The molecule has 1 N–H and O–H groups in total. The number of thiazole rings is 1. The summed E-state index contributed by atoms with van der Waals surface area (Å²) in [5, 5.41) is 9.66. The number of fused-ring (bicyclic) bond motifs is 1. The van der Waals surface area contributed by atoms with Crippen LogP contribution in [0.5, 0.6) is 0 Å². The highest BCUT2D eigenvalue weighted by molar-refractivity contribution is 8.77. The highest BCUT2D eigenvalue weighted by Crippen LogP contribution is 2.48. The van der Waals surface area contributed by atoms with Crippen molar-refractivity contribution in [3.8, 4) is 0 Å². The molecule has 1 fully saturated rings. The fraction of sp³-hybridized carbons (Fsp3) is 0.389. The molecule has 9 heteroatoms. The Bertz CT molecular complexity index is 849. The second-order valence-electron chi connectivity index (χ2n) is 6.30. The van der Waals surface area contributed by atoms with Crippen molar-refractivity contribution in [3.63, 3.8) is 0 Å². The van der Waals surface area contributed by atoms with Gasteiger partial charge in [-0.05, 0) is 42.3 Å². The van der Waals surface area contributed by atoms with Crippen LogP contribution in [0.1, 0.15) is 13.8 Å². The number of likely N-dealkylation sites (tertiary alicyclic amines) is 1. The Labute approximate surface area is 169 Å². The van der Waals surface area contributed by atoms with Crippen molar-refractivity contribution in [3.05, 3.63) is 36.4 Å². The molecular formula is C18H20N2O4S3. The number of esters is 1. The third kappa shape index (κ3) is 3.87. The minimum atomic E-state index is -0.856. The number of ether oxygens (including phenoxy) is 1. The summed E-state index contributed by atoms with van der Waals surface area (Å²) in [4.78, 5) is 30.8. The number of β-lactam (4-membered cyclic amide) rings is 1. The molecule has 144 valence electrons. The maximum Gasteiger partial charge on any atom is 0.332 e. The van der Waals surface area contributed by atoms with Crippen LogP contribution in [0.2, 0.25) is 0 Å². The summed E-state index contributed by atoms with van der Waals surface area (Å²) in [7, 11) is 4.14. The molecule has 0 radical (unpaired) electrons. The Morgan fingerprint density at radius 2 is 2.15 bits per heavy atom. The molecule has 0 bridgehead atoms. The van der Waals surface area contributed by atoms with Crippen LogP contribution in [0, 0.1) is 5.92 Å². The number of hydrogen-bond donors (Lipinski definition) is 1. The van der Waals surface area contributed by atoms with Gasteiger partial charge in [-0.25, -0.2) is 9.78 Å². The lowest BCUT2D eigenvalue weighted by atomic mass is 9.89. The van der Waals surface area contributed by atoms with Gasteiger partial charge in [0.05, 0.1) is 29.3 Å². The predicted octanol–water partition coefficient (Wildman–Crippen LogP) is 3.32. The number of aromatic nitrogens is 1. The first-order chi connectivity index (χ1) is 12.8. The van der Waals surface area contributed by atoms with Gasteiger partial charge in [-0.2, -0.15) is 0 Å². The first-order valence-electron chi connectivity index (χ1n) is 8.27. The monoisotopic (exact) mass is 424 g/mol. The standard InChI is InChI=1S/C18H20N2O4S3/c1-9(2)14(17(23)24-4)20-15(22)13(10(3)21)16(20)26-27-18-19-11-7-5-6-8-12(11)25-18/h5-8,10,13-14,16,21H,1H2,2-4H3/t10-,13?,14?,16?/m0/s1. The predicted molar refractivity (Wildman–Crippen MR) is 109 cm³/mol. The van der Waals surface area contributed by atoms with E-state index >= 15 is 0 Å². The van der Waals surface area contributed by atoms with Crippen LogP contribution in [-0.2, 0) is 14.3 Å². The van der Waals surface area contributed by atoms with Crippen molar-refractivity contribution in [1.29, 1.82) is 0 Å². The second kappa shape index (κ2) is 8.22. The first kappa shape index (κ1) is 20.2. The molecular weight excluding hydrogens is 404 g/mol. The normalized spacial score (nSPS) is 21.6. The molecule has 0 spiro atoms. The molecule has 0 aliphatic carbocycles. The Hall–Kier alpha value is -1.55. The summed E-state index contributed by atoms with van der Waals surface area (Å²) in [5.74, 6) is -1.38. The van der Waals surface area contributed by atoms with Gasteiger partial charge in [0.1, 0.15) is 5.37 Å². The maximum atomic E-state index is 12.6. The number of para-hydroxylation sites is 1. The minimum absolute atomic E-state index is 0.272. The Morgan fingerprint density at radius 3 is 2.74 bits per heavy atom. The van der Waals surface area contributed by atoms with E-state index in [1.54, 1.807) is 25.2 Å². The zero-order valence-electron chi connectivity index (χ0n) is 15.1. The van der Waals surface area contributed by atoms with Gasteiger partial charge in [0.25, 0.3) is 0 Å². The summed E-state index contributed by atoms with van der Waals surface area (Å²) < 4.78 is 6.79. The van der Waals surface area contributed by atoms with E-state index in [1.807, 2.05) is 24.3 Å². The van der Waals surface area contributed by atoms with E-state index in [1.165, 1.54) is 33.6 Å². The van der Waals surface area contributed by atoms with E-state index in [-0.39, 0.29) is 11.3 Å². The number of amides is 1. The number of rotatable bonds is 7. The summed E-state index contributed by atoms with van der Waals surface area (Å²) in [6.45, 7) is 7.10. The Kier molecular flexibility index (Phi) is 6.15. The van der Waals surface area contributed by atoms with E-state index in [9.17, 15) is 14.7 Å². The lowest BCUT2D eigenvalue weighted by Crippen LogP contribution is -2.67. The number of benzene rings is 1. The average Bonchev–Trinajstić information content (AvgIpc) is 3.04. The van der Waals surface area contributed by atoms with Gasteiger partial charge in [0, 0.05) is 0 Å². The largest absolute Gasteiger partial charge is 0.467 e. The summed E-state index contributed by atoms with van der Waals surface area (Å²) >= 11 is 1.57. The number of nitrogens with zero attached hydrogens (tertiary/aromatic N) is 2. The van der Waals surface area contributed by atoms with Crippen molar-refractivity contribution >= 4 is 55.0 Å². The minimum Gasteiger partial charge on any atom is -0.467 e. The van der Waals surface area contributed by atoms with Gasteiger partial charge in [-0.3, -0.25) is 4.79 Å². The van der Waals surface area contributed by atoms with Gasteiger partial charge < -0.3 is 14.7 Å². The fourth-order valence-electron chi connectivity index (χ4n) is 2.98. The summed E-state index contributed by atoms with van der Waals surface area (Å²) in [6, 6.07) is 7.01. The fourth-order valence-corrected chi connectivity index (χ4v) is 7.13. The molecule has 6 nitrogen and oxygen atoms in total. The smallest absolute Gasteiger partial charge is 0.332 e. The summed E-state index contributed by atoms with van der Waals surface area (Å²) in [5.41, 5.74) is 1.45. The average molecular weight is 425 g/mol. The Balaban J connectivity index is 1.81. The third-order valence-electron chi connectivity index (χ3n) is 4.30. The molecule has 1 aromatic heterocycles. The second-order valence-corrected chi connectivity index (χ2v) is 9.90. The highest BCUT2D eigenvalue weighted by Gasteiger charge is 2.55. The number of methoxy groups -OCH3 is 1.